The lowest BCUT2D eigenvalue weighted by atomic mass is 10.00. The molecular formula is C23H38. The molecule has 0 aliphatic carbocycles. The zero-order chi connectivity index (χ0) is 16.6. The van der Waals surface area contributed by atoms with Gasteiger partial charge in [-0.05, 0) is 24.3 Å². The maximum absolute atomic E-state index is 2.38. The normalized spacial score (nSPS) is 12.8. The number of hydrogen-bond acceptors (Lipinski definition) is 0. The second-order valence-electron chi connectivity index (χ2n) is 6.95. The fraction of sp³-hybridized carbons (Fsp3) is 0.652. The second kappa shape index (κ2) is 14.5. The van der Waals surface area contributed by atoms with Gasteiger partial charge in [-0.1, -0.05) is 121 Å². The van der Waals surface area contributed by atoms with Crippen LogP contribution in [-0.2, 0) is 0 Å². The molecule has 0 amide bonds. The van der Waals surface area contributed by atoms with Crippen molar-refractivity contribution in [1.29, 1.82) is 0 Å². The Morgan fingerprint density at radius 2 is 1.26 bits per heavy atom. The van der Waals surface area contributed by atoms with E-state index in [2.05, 4.69) is 56.3 Å². The average Bonchev–Trinajstić information content (AvgIpc) is 2.59. The Morgan fingerprint density at radius 1 is 0.739 bits per heavy atom. The van der Waals surface area contributed by atoms with Gasteiger partial charge in [-0.3, -0.25) is 0 Å². The van der Waals surface area contributed by atoms with Gasteiger partial charge in [0.25, 0.3) is 0 Å². The fourth-order valence-electron chi connectivity index (χ4n) is 3.09. The van der Waals surface area contributed by atoms with Gasteiger partial charge in [0.15, 0.2) is 0 Å². The van der Waals surface area contributed by atoms with Crippen LogP contribution in [0.1, 0.15) is 102 Å². The molecule has 1 aromatic carbocycles. The number of unbranched alkanes of at least 4 members (excludes halogenated alkanes) is 11. The number of hydrogen-bond donors (Lipinski definition) is 0. The Morgan fingerprint density at radius 3 is 1.83 bits per heavy atom. The minimum atomic E-state index is 0.545. The van der Waals surface area contributed by atoms with Crippen molar-refractivity contribution in [2.75, 3.05) is 0 Å². The van der Waals surface area contributed by atoms with Crippen molar-refractivity contribution in [2.24, 2.45) is 0 Å². The van der Waals surface area contributed by atoms with Crippen molar-refractivity contribution in [3.8, 4) is 0 Å². The molecule has 23 heavy (non-hydrogen) atoms. The molecule has 0 aliphatic rings. The first kappa shape index (κ1) is 20.0. The van der Waals surface area contributed by atoms with E-state index in [0.29, 0.717) is 5.92 Å². The summed E-state index contributed by atoms with van der Waals surface area (Å²) in [5.74, 6) is 0.545. The van der Waals surface area contributed by atoms with Crippen LogP contribution < -0.4 is 0 Å². The number of benzene rings is 1. The van der Waals surface area contributed by atoms with Gasteiger partial charge in [0.1, 0.15) is 0 Å². The highest BCUT2D eigenvalue weighted by Crippen LogP contribution is 2.17. The molecule has 0 heterocycles. The minimum Gasteiger partial charge on any atom is -0.0879 e. The molecular weight excluding hydrogens is 276 g/mol. The van der Waals surface area contributed by atoms with E-state index >= 15 is 0 Å². The highest BCUT2D eigenvalue weighted by Gasteiger charge is 1.98. The zero-order valence-corrected chi connectivity index (χ0v) is 15.6. The summed E-state index contributed by atoms with van der Waals surface area (Å²) in [4.78, 5) is 0. The molecule has 0 aliphatic heterocycles. The SMILES string of the molecule is CCCCCCCCCCCCCC=CC(C)c1ccccc1. The van der Waals surface area contributed by atoms with Crippen LogP contribution in [0.5, 0.6) is 0 Å². The first-order valence-electron chi connectivity index (χ1n) is 10.1. The lowest BCUT2D eigenvalue weighted by Gasteiger charge is -2.05. The predicted molar refractivity (Wildman–Crippen MR) is 105 cm³/mol. The van der Waals surface area contributed by atoms with E-state index < -0.39 is 0 Å². The second-order valence-corrected chi connectivity index (χ2v) is 6.95. The van der Waals surface area contributed by atoms with Gasteiger partial charge in [-0.25, -0.2) is 0 Å². The molecule has 1 atom stereocenters. The molecule has 130 valence electrons. The largest absolute Gasteiger partial charge is 0.0879 e. The lowest BCUT2D eigenvalue weighted by molar-refractivity contribution is 0.550. The molecule has 0 fully saturated rings. The van der Waals surface area contributed by atoms with E-state index in [1.807, 2.05) is 0 Å². The summed E-state index contributed by atoms with van der Waals surface area (Å²) in [5.41, 5.74) is 1.42. The molecule has 0 saturated carbocycles. The summed E-state index contributed by atoms with van der Waals surface area (Å²) in [6, 6.07) is 10.8. The van der Waals surface area contributed by atoms with Crippen LogP contribution in [-0.4, -0.2) is 0 Å². The van der Waals surface area contributed by atoms with Crippen molar-refractivity contribution in [3.05, 3.63) is 48.0 Å². The van der Waals surface area contributed by atoms with E-state index in [-0.39, 0.29) is 0 Å². The Kier molecular flexibility index (Phi) is 12.7. The number of rotatable bonds is 14. The molecule has 1 rings (SSSR count). The molecule has 0 N–H and O–H groups in total. The van der Waals surface area contributed by atoms with Crippen LogP contribution in [0.3, 0.4) is 0 Å². The van der Waals surface area contributed by atoms with Crippen molar-refractivity contribution >= 4 is 0 Å². The summed E-state index contributed by atoms with van der Waals surface area (Å²) in [6.07, 6.45) is 21.7. The van der Waals surface area contributed by atoms with Crippen molar-refractivity contribution < 1.29 is 0 Å². The van der Waals surface area contributed by atoms with Crippen LogP contribution >= 0.6 is 0 Å². The summed E-state index contributed by atoms with van der Waals surface area (Å²) < 4.78 is 0. The van der Waals surface area contributed by atoms with Crippen LogP contribution in [0, 0.1) is 0 Å². The number of allylic oxidation sites excluding steroid dienone is 2. The predicted octanol–water partition coefficient (Wildman–Crippen LogP) is 8.05. The van der Waals surface area contributed by atoms with E-state index in [0.717, 1.165) is 0 Å². The van der Waals surface area contributed by atoms with Gasteiger partial charge in [0.05, 0.1) is 0 Å². The topological polar surface area (TPSA) is 0 Å². The Labute approximate surface area is 145 Å². The van der Waals surface area contributed by atoms with Crippen molar-refractivity contribution in [3.63, 3.8) is 0 Å². The molecule has 0 saturated heterocycles. The molecule has 1 unspecified atom stereocenters. The Hall–Kier alpha value is -1.04. The minimum absolute atomic E-state index is 0.545. The highest BCUT2D eigenvalue weighted by atomic mass is 14.0. The Balaban J connectivity index is 1.89. The third-order valence-corrected chi connectivity index (χ3v) is 4.72. The van der Waals surface area contributed by atoms with Gasteiger partial charge < -0.3 is 0 Å². The average molecular weight is 315 g/mol. The molecule has 0 spiro atoms. The Bertz CT molecular complexity index is 376. The lowest BCUT2D eigenvalue weighted by Crippen LogP contribution is -1.87. The highest BCUT2D eigenvalue weighted by molar-refractivity contribution is 5.22. The zero-order valence-electron chi connectivity index (χ0n) is 15.6. The standard InChI is InChI=1S/C23H38/c1-3-4-5-6-7-8-9-10-11-12-13-14-16-19-22(2)23-20-17-15-18-21-23/h15-22H,3-14H2,1-2H3. The summed E-state index contributed by atoms with van der Waals surface area (Å²) >= 11 is 0. The summed E-state index contributed by atoms with van der Waals surface area (Å²) in [7, 11) is 0. The molecule has 0 aromatic heterocycles. The maximum atomic E-state index is 2.38. The third-order valence-electron chi connectivity index (χ3n) is 4.72. The van der Waals surface area contributed by atoms with Gasteiger partial charge in [0, 0.05) is 0 Å². The van der Waals surface area contributed by atoms with Gasteiger partial charge in [-0.2, -0.15) is 0 Å². The van der Waals surface area contributed by atoms with Crippen molar-refractivity contribution in [2.45, 2.75) is 96.8 Å². The molecule has 0 heteroatoms. The third kappa shape index (κ3) is 11.2. The van der Waals surface area contributed by atoms with Crippen LogP contribution in [0.15, 0.2) is 42.5 Å². The van der Waals surface area contributed by atoms with Gasteiger partial charge in [0.2, 0.25) is 0 Å². The summed E-state index contributed by atoms with van der Waals surface area (Å²) in [5, 5.41) is 0. The quantitative estimate of drug-likeness (QED) is 0.241. The van der Waals surface area contributed by atoms with Gasteiger partial charge in [-0.15, -0.1) is 0 Å². The molecule has 0 bridgehead atoms. The fourth-order valence-corrected chi connectivity index (χ4v) is 3.09. The molecule has 0 nitrogen and oxygen atoms in total. The smallest absolute Gasteiger partial charge is 0.00104 e. The van der Waals surface area contributed by atoms with Crippen LogP contribution in [0.4, 0.5) is 0 Å². The van der Waals surface area contributed by atoms with Crippen LogP contribution in [0.25, 0.3) is 0 Å². The van der Waals surface area contributed by atoms with E-state index in [9.17, 15) is 0 Å². The van der Waals surface area contributed by atoms with E-state index in [4.69, 9.17) is 0 Å². The first-order valence-corrected chi connectivity index (χ1v) is 10.1. The van der Waals surface area contributed by atoms with E-state index in [1.165, 1.54) is 82.6 Å². The first-order chi connectivity index (χ1) is 11.3. The van der Waals surface area contributed by atoms with Gasteiger partial charge >= 0.3 is 0 Å². The van der Waals surface area contributed by atoms with Crippen molar-refractivity contribution in [1.82, 2.24) is 0 Å². The molecule has 1 aromatic rings. The monoisotopic (exact) mass is 314 g/mol. The molecule has 0 radical (unpaired) electrons. The van der Waals surface area contributed by atoms with E-state index in [1.54, 1.807) is 0 Å². The summed E-state index contributed by atoms with van der Waals surface area (Å²) in [6.45, 7) is 4.57. The maximum Gasteiger partial charge on any atom is -0.00104 e. The van der Waals surface area contributed by atoms with Crippen LogP contribution in [0.2, 0.25) is 0 Å².